The molecule has 90 valence electrons. The summed E-state index contributed by atoms with van der Waals surface area (Å²) in [7, 11) is 0. The minimum Gasteiger partial charge on any atom is -0.325 e. The molecular weight excluding hydrogens is 248 g/mol. The summed E-state index contributed by atoms with van der Waals surface area (Å²) in [5.41, 5.74) is 7.06. The Labute approximate surface area is 107 Å². The highest BCUT2D eigenvalue weighted by molar-refractivity contribution is 7.99. The largest absolute Gasteiger partial charge is 0.325 e. The van der Waals surface area contributed by atoms with Gasteiger partial charge in [0.25, 0.3) is 0 Å². The lowest BCUT2D eigenvalue weighted by Crippen LogP contribution is -2.00. The highest BCUT2D eigenvalue weighted by Gasteiger charge is 2.07. The van der Waals surface area contributed by atoms with Gasteiger partial charge in [-0.2, -0.15) is 0 Å². The molecule has 0 saturated carbocycles. The summed E-state index contributed by atoms with van der Waals surface area (Å²) in [5.74, 6) is 0. The molecule has 0 aliphatic heterocycles. The van der Waals surface area contributed by atoms with Crippen molar-refractivity contribution < 1.29 is 0 Å². The van der Waals surface area contributed by atoms with Crippen LogP contribution >= 0.6 is 11.8 Å². The zero-order chi connectivity index (χ0) is 12.4. The van der Waals surface area contributed by atoms with Crippen LogP contribution in [0.4, 0.5) is 0 Å². The summed E-state index contributed by atoms with van der Waals surface area (Å²) in [6.07, 6.45) is 5.28. The molecule has 18 heavy (non-hydrogen) atoms. The number of hydrogen-bond acceptors (Lipinski definition) is 6. The first kappa shape index (κ1) is 11.1. The van der Waals surface area contributed by atoms with E-state index in [0.717, 1.165) is 21.5 Å². The van der Waals surface area contributed by atoms with Gasteiger partial charge < -0.3 is 5.73 Å². The van der Waals surface area contributed by atoms with Gasteiger partial charge in [-0.1, -0.05) is 6.07 Å². The van der Waals surface area contributed by atoms with Crippen LogP contribution in [0.3, 0.4) is 0 Å². The monoisotopic (exact) mass is 258 g/mol. The summed E-state index contributed by atoms with van der Waals surface area (Å²) >= 11 is 1.42. The van der Waals surface area contributed by atoms with Crippen molar-refractivity contribution >= 4 is 17.4 Å². The molecule has 0 radical (unpaired) electrons. The van der Waals surface area contributed by atoms with Gasteiger partial charge in [0.2, 0.25) is 5.16 Å². The van der Waals surface area contributed by atoms with Crippen LogP contribution in [0.15, 0.2) is 47.0 Å². The van der Waals surface area contributed by atoms with Gasteiger partial charge in [-0.15, -0.1) is 10.2 Å². The Bertz CT molecular complexity index is 663. The summed E-state index contributed by atoms with van der Waals surface area (Å²) in [4.78, 5) is 8.46. The van der Waals surface area contributed by atoms with Gasteiger partial charge in [-0.3, -0.25) is 9.38 Å². The van der Waals surface area contributed by atoms with E-state index in [-0.39, 0.29) is 0 Å². The van der Waals surface area contributed by atoms with Gasteiger partial charge >= 0.3 is 0 Å². The first-order valence-electron chi connectivity index (χ1n) is 5.35. The van der Waals surface area contributed by atoms with Crippen LogP contribution < -0.4 is 5.73 Å². The van der Waals surface area contributed by atoms with Crippen molar-refractivity contribution in [3.63, 3.8) is 0 Å². The Hall–Kier alpha value is -1.99. The molecule has 0 saturated heterocycles. The number of nitrogens with zero attached hydrogens (tertiary/aromatic N) is 5. The lowest BCUT2D eigenvalue weighted by atomic mass is 10.5. The molecule has 3 heterocycles. The number of rotatable bonds is 3. The van der Waals surface area contributed by atoms with Crippen LogP contribution in [0.5, 0.6) is 0 Å². The molecule has 6 nitrogen and oxygen atoms in total. The van der Waals surface area contributed by atoms with Crippen LogP contribution in [0.2, 0.25) is 0 Å². The fourth-order valence-electron chi connectivity index (χ4n) is 1.48. The van der Waals surface area contributed by atoms with E-state index in [2.05, 4.69) is 20.2 Å². The average molecular weight is 258 g/mol. The second kappa shape index (κ2) is 4.71. The SMILES string of the molecule is NCc1cnc(Sc2nnc3ccccn23)cn1. The van der Waals surface area contributed by atoms with Crippen molar-refractivity contribution in [2.75, 3.05) is 0 Å². The second-order valence-electron chi connectivity index (χ2n) is 3.56. The smallest absolute Gasteiger partial charge is 0.201 e. The molecule has 0 unspecified atom stereocenters. The minimum absolute atomic E-state index is 0.395. The van der Waals surface area contributed by atoms with E-state index in [1.165, 1.54) is 11.8 Å². The van der Waals surface area contributed by atoms with Crippen molar-refractivity contribution in [3.8, 4) is 0 Å². The summed E-state index contributed by atoms with van der Waals surface area (Å²) in [6.45, 7) is 0.395. The summed E-state index contributed by atoms with van der Waals surface area (Å²) in [5, 5.41) is 9.72. The Balaban J connectivity index is 1.91. The second-order valence-corrected chi connectivity index (χ2v) is 4.55. The van der Waals surface area contributed by atoms with Gasteiger partial charge in [0.1, 0.15) is 5.03 Å². The van der Waals surface area contributed by atoms with Crippen molar-refractivity contribution in [2.24, 2.45) is 5.73 Å². The molecule has 3 rings (SSSR count). The van der Waals surface area contributed by atoms with Crippen molar-refractivity contribution in [3.05, 3.63) is 42.5 Å². The lowest BCUT2D eigenvalue weighted by molar-refractivity contribution is 0.899. The highest BCUT2D eigenvalue weighted by Crippen LogP contribution is 2.23. The molecule has 0 bridgehead atoms. The maximum absolute atomic E-state index is 5.47. The molecule has 2 N–H and O–H groups in total. The summed E-state index contributed by atoms with van der Waals surface area (Å²) < 4.78 is 1.91. The summed E-state index contributed by atoms with van der Waals surface area (Å²) in [6, 6.07) is 5.76. The number of aromatic nitrogens is 5. The van der Waals surface area contributed by atoms with Crippen molar-refractivity contribution in [2.45, 2.75) is 16.7 Å². The topological polar surface area (TPSA) is 82.0 Å². The number of fused-ring (bicyclic) bond motifs is 1. The molecule has 3 aromatic rings. The Morgan fingerprint density at radius 3 is 2.89 bits per heavy atom. The number of pyridine rings is 1. The fourth-order valence-corrected chi connectivity index (χ4v) is 2.22. The molecule has 3 aromatic heterocycles. The predicted octanol–water partition coefficient (Wildman–Crippen LogP) is 1.13. The van der Waals surface area contributed by atoms with Crippen molar-refractivity contribution in [1.29, 1.82) is 0 Å². The van der Waals surface area contributed by atoms with Crippen LogP contribution in [-0.4, -0.2) is 24.6 Å². The van der Waals surface area contributed by atoms with E-state index in [0.29, 0.717) is 6.54 Å². The first-order chi connectivity index (χ1) is 8.86. The molecule has 0 atom stereocenters. The van der Waals surface area contributed by atoms with Gasteiger partial charge in [-0.05, 0) is 23.9 Å². The Morgan fingerprint density at radius 2 is 2.11 bits per heavy atom. The van der Waals surface area contributed by atoms with Crippen LogP contribution in [0, 0.1) is 0 Å². The van der Waals surface area contributed by atoms with E-state index in [4.69, 9.17) is 5.73 Å². The third kappa shape index (κ3) is 2.05. The first-order valence-corrected chi connectivity index (χ1v) is 6.17. The van der Waals surface area contributed by atoms with Crippen LogP contribution in [0.1, 0.15) is 5.69 Å². The maximum Gasteiger partial charge on any atom is 0.201 e. The third-order valence-corrected chi connectivity index (χ3v) is 3.25. The van der Waals surface area contributed by atoms with Crippen LogP contribution in [0.25, 0.3) is 5.65 Å². The highest BCUT2D eigenvalue weighted by atomic mass is 32.2. The zero-order valence-corrected chi connectivity index (χ0v) is 10.2. The lowest BCUT2D eigenvalue weighted by Gasteiger charge is -1.99. The fraction of sp³-hybridized carbons (Fsp3) is 0.0909. The predicted molar refractivity (Wildman–Crippen MR) is 67.0 cm³/mol. The van der Waals surface area contributed by atoms with E-state index in [1.807, 2.05) is 28.8 Å². The van der Waals surface area contributed by atoms with Gasteiger partial charge in [0.15, 0.2) is 5.65 Å². The molecule has 0 fully saturated rings. The molecule has 0 aromatic carbocycles. The van der Waals surface area contributed by atoms with Crippen LogP contribution in [-0.2, 0) is 6.54 Å². The number of nitrogens with two attached hydrogens (primary N) is 1. The molecule has 0 aliphatic carbocycles. The van der Waals surface area contributed by atoms with E-state index in [1.54, 1.807) is 12.4 Å². The van der Waals surface area contributed by atoms with E-state index < -0.39 is 0 Å². The standard InChI is InChI=1S/C11H10N6S/c12-5-8-6-14-10(7-13-8)18-11-16-15-9-3-1-2-4-17(9)11/h1-4,6-7H,5,12H2. The minimum atomic E-state index is 0.395. The molecule has 0 aliphatic rings. The third-order valence-electron chi connectivity index (χ3n) is 2.37. The molecule has 7 heteroatoms. The quantitative estimate of drug-likeness (QED) is 0.758. The van der Waals surface area contributed by atoms with E-state index >= 15 is 0 Å². The number of hydrogen-bond donors (Lipinski definition) is 1. The van der Waals surface area contributed by atoms with Crippen molar-refractivity contribution in [1.82, 2.24) is 24.6 Å². The maximum atomic E-state index is 5.47. The Morgan fingerprint density at radius 1 is 1.17 bits per heavy atom. The van der Waals surface area contributed by atoms with Gasteiger partial charge in [-0.25, -0.2) is 4.98 Å². The van der Waals surface area contributed by atoms with E-state index in [9.17, 15) is 0 Å². The Kier molecular flexibility index (Phi) is 2.91. The molecular formula is C11H10N6S. The molecule has 0 spiro atoms. The van der Waals surface area contributed by atoms with Gasteiger partial charge in [0, 0.05) is 12.7 Å². The average Bonchev–Trinajstić information content (AvgIpc) is 2.83. The van der Waals surface area contributed by atoms with Gasteiger partial charge in [0.05, 0.1) is 18.1 Å². The zero-order valence-electron chi connectivity index (χ0n) is 9.39. The normalized spacial score (nSPS) is 10.9. The molecule has 0 amide bonds.